The molecule has 1 nitrogen and oxygen atoms in total. The van der Waals surface area contributed by atoms with Gasteiger partial charge in [0.15, 0.2) is 0 Å². The van der Waals surface area contributed by atoms with Crippen molar-refractivity contribution in [2.75, 3.05) is 5.73 Å². The maximum atomic E-state index is 14.1. The van der Waals surface area contributed by atoms with Gasteiger partial charge in [-0.15, -0.1) is 0 Å². The summed E-state index contributed by atoms with van der Waals surface area (Å²) in [5.74, 6) is -5.14. The Morgan fingerprint density at radius 1 is 0.960 bits per heavy atom. The predicted octanol–water partition coefficient (Wildman–Crippen LogP) is 5.06. The van der Waals surface area contributed by atoms with Crippen molar-refractivity contribution in [2.24, 2.45) is 0 Å². The van der Waals surface area contributed by atoms with Gasteiger partial charge in [-0.05, 0) is 11.5 Å². The summed E-state index contributed by atoms with van der Waals surface area (Å²) in [6.07, 6.45) is -10.9. The summed E-state index contributed by atoms with van der Waals surface area (Å²) in [7, 11) is 0. The van der Waals surface area contributed by atoms with Crippen LogP contribution in [0, 0.1) is 0 Å². The topological polar surface area (TPSA) is 26.0 Å². The maximum Gasteiger partial charge on any atom is 0.432 e. The molecule has 141 valence electrons. The first-order chi connectivity index (χ1) is 11.0. The molecule has 0 aliphatic heterocycles. The van der Waals surface area contributed by atoms with Gasteiger partial charge < -0.3 is 5.73 Å². The third-order valence-corrected chi connectivity index (χ3v) is 4.51. The van der Waals surface area contributed by atoms with Crippen molar-refractivity contribution in [3.8, 4) is 0 Å². The van der Waals surface area contributed by atoms with Crippen LogP contribution in [-0.4, -0.2) is 21.7 Å². The van der Waals surface area contributed by atoms with Crippen molar-refractivity contribution >= 4 is 61.3 Å². The Morgan fingerprint density at radius 3 is 1.76 bits per heavy atom. The van der Waals surface area contributed by atoms with Crippen LogP contribution in [0.1, 0.15) is 11.1 Å². The van der Waals surface area contributed by atoms with Crippen LogP contribution in [0.15, 0.2) is 12.1 Å². The Bertz CT molecular complexity index is 645. The van der Waals surface area contributed by atoms with Gasteiger partial charge in [0, 0.05) is 33.8 Å². The van der Waals surface area contributed by atoms with Gasteiger partial charge in [0.2, 0.25) is 5.14 Å². The number of hydrogen-bond donors (Lipinski definition) is 1. The number of nitrogens with two attached hydrogens (primary N) is 1. The first kappa shape index (κ1) is 22.9. The average Bonchev–Trinajstić information content (AvgIpc) is 2.43. The summed E-state index contributed by atoms with van der Waals surface area (Å²) in [6, 6.07) is -0.252. The molecule has 0 spiro atoms. The molecule has 1 aromatic carbocycles. The molecule has 0 aliphatic rings. The summed E-state index contributed by atoms with van der Waals surface area (Å²) >= 11 is 1.31. The predicted molar refractivity (Wildman–Crippen MR) is 88.0 cm³/mol. The molecular weight excluding hydrogens is 601 g/mol. The van der Waals surface area contributed by atoms with E-state index in [-0.39, 0.29) is 28.7 Å². The monoisotopic (exact) mass is 606 g/mol. The first-order valence-corrected chi connectivity index (χ1v) is 8.20. The fourth-order valence-corrected chi connectivity index (χ4v) is 2.61. The van der Waals surface area contributed by atoms with Gasteiger partial charge in [0.05, 0.1) is 5.56 Å². The molecule has 2 N–H and O–H groups in total. The minimum Gasteiger partial charge on any atom is -0.399 e. The largest absolute Gasteiger partial charge is 0.432 e. The van der Waals surface area contributed by atoms with Crippen LogP contribution in [0.3, 0.4) is 0 Å². The lowest BCUT2D eigenvalue weighted by Crippen LogP contribution is -2.46. The number of hydrogen-bond acceptors (Lipinski definition) is 1. The Labute approximate surface area is 161 Å². The van der Waals surface area contributed by atoms with Crippen LogP contribution in [0.25, 0.3) is 0 Å². The summed E-state index contributed by atoms with van der Waals surface area (Å²) in [5, 5.41) is 0.768. The normalized spacial score (nSPS) is 16.0. The Morgan fingerprint density at radius 2 is 1.44 bits per heavy atom. The minimum absolute atomic E-state index is 0.0104. The summed E-state index contributed by atoms with van der Waals surface area (Å²) in [4.78, 5) is 0. The van der Waals surface area contributed by atoms with Gasteiger partial charge in [-0.25, -0.2) is 13.2 Å². The highest BCUT2D eigenvalue weighted by Gasteiger charge is 2.65. The van der Waals surface area contributed by atoms with Gasteiger partial charge >= 0.3 is 16.0 Å². The molecule has 1 aromatic rings. The SMILES string of the molecule is Nc1c([B]I)cc(C(F)(C(F)F)C(F)(F)F)cc1C(F)(F)C(F)(F)I. The van der Waals surface area contributed by atoms with E-state index in [1.165, 1.54) is 22.4 Å². The number of nitrogen functional groups attached to an aromatic ring is 1. The molecule has 0 fully saturated rings. The number of alkyl halides is 11. The zero-order chi connectivity index (χ0) is 20.0. The molecule has 14 heteroatoms. The van der Waals surface area contributed by atoms with Gasteiger partial charge in [-0.1, -0.05) is 6.07 Å². The van der Waals surface area contributed by atoms with E-state index in [0.717, 1.165) is 5.14 Å². The molecule has 25 heavy (non-hydrogen) atoms. The highest BCUT2D eigenvalue weighted by atomic mass is 127. The van der Waals surface area contributed by atoms with E-state index in [2.05, 4.69) is 0 Å². The second kappa shape index (κ2) is 7.11. The van der Waals surface area contributed by atoms with Crippen LogP contribution in [0.5, 0.6) is 0 Å². The van der Waals surface area contributed by atoms with E-state index in [1.807, 2.05) is 0 Å². The standard InChI is InChI=1S/C11H5BF10I2N/c13-7(14)8(15,10(18,19)20)3-1-4(6(25)5(2-3)12-24)9(16,17)11(21,22)23/h1-2,7H,25H2. The number of anilines is 1. The molecule has 0 bridgehead atoms. The van der Waals surface area contributed by atoms with Crippen molar-refractivity contribution in [1.82, 2.24) is 0 Å². The zero-order valence-corrected chi connectivity index (χ0v) is 15.7. The molecular formula is C11H5BF10I2N. The molecule has 1 unspecified atom stereocenters. The molecule has 1 radical (unpaired) electrons. The lowest BCUT2D eigenvalue weighted by molar-refractivity contribution is -0.274. The van der Waals surface area contributed by atoms with Crippen LogP contribution < -0.4 is 11.2 Å². The third kappa shape index (κ3) is 3.92. The van der Waals surface area contributed by atoms with Gasteiger partial charge in [0.1, 0.15) is 0 Å². The van der Waals surface area contributed by atoms with Crippen molar-refractivity contribution in [2.45, 2.75) is 28.1 Å². The van der Waals surface area contributed by atoms with Crippen molar-refractivity contribution in [3.63, 3.8) is 0 Å². The van der Waals surface area contributed by atoms with E-state index in [0.29, 0.717) is 0 Å². The van der Waals surface area contributed by atoms with Crippen molar-refractivity contribution in [3.05, 3.63) is 23.3 Å². The Balaban J connectivity index is 3.86. The fourth-order valence-electron chi connectivity index (χ4n) is 1.80. The lowest BCUT2D eigenvalue weighted by Gasteiger charge is -2.30. The number of rotatable bonds is 5. The fraction of sp³-hybridized carbons (Fsp3) is 0.455. The van der Waals surface area contributed by atoms with E-state index in [1.54, 1.807) is 0 Å². The Hall–Kier alpha value is -0.155. The van der Waals surface area contributed by atoms with E-state index in [4.69, 9.17) is 5.73 Å². The molecule has 0 saturated carbocycles. The second-order valence-electron chi connectivity index (χ2n) is 4.72. The molecule has 0 saturated heterocycles. The molecule has 1 atom stereocenters. The number of benzene rings is 1. The first-order valence-electron chi connectivity index (χ1n) is 5.88. The van der Waals surface area contributed by atoms with E-state index >= 15 is 0 Å². The van der Waals surface area contributed by atoms with E-state index in [9.17, 15) is 43.9 Å². The smallest absolute Gasteiger partial charge is 0.399 e. The maximum absolute atomic E-state index is 14.1. The molecule has 0 aromatic heterocycles. The summed E-state index contributed by atoms with van der Waals surface area (Å²) in [5.41, 5.74) is -5.78. The zero-order valence-electron chi connectivity index (χ0n) is 11.4. The summed E-state index contributed by atoms with van der Waals surface area (Å²) in [6.45, 7) is 0. The van der Waals surface area contributed by atoms with Crippen LogP contribution in [0.2, 0.25) is 0 Å². The van der Waals surface area contributed by atoms with Crippen LogP contribution in [-0.2, 0) is 11.6 Å². The van der Waals surface area contributed by atoms with Crippen LogP contribution in [0.4, 0.5) is 49.6 Å². The lowest BCUT2D eigenvalue weighted by atomic mass is 9.83. The van der Waals surface area contributed by atoms with Gasteiger partial charge in [0.25, 0.3) is 12.1 Å². The second-order valence-corrected chi connectivity index (χ2v) is 6.70. The van der Waals surface area contributed by atoms with Gasteiger partial charge in [-0.2, -0.15) is 53.1 Å². The quantitative estimate of drug-likeness (QED) is 0.164. The number of halogens is 12. The molecule has 0 aliphatic carbocycles. The highest BCUT2D eigenvalue weighted by Crippen LogP contribution is 2.52. The van der Waals surface area contributed by atoms with Crippen molar-refractivity contribution < 1.29 is 43.9 Å². The van der Waals surface area contributed by atoms with Crippen molar-refractivity contribution in [1.29, 1.82) is 0 Å². The van der Waals surface area contributed by atoms with E-state index < -0.39 is 56.5 Å². The molecule has 1 rings (SSSR count). The highest BCUT2D eigenvalue weighted by molar-refractivity contribution is 14.1. The molecule has 0 amide bonds. The van der Waals surface area contributed by atoms with Crippen LogP contribution >= 0.6 is 45.0 Å². The third-order valence-electron chi connectivity index (χ3n) is 3.16. The average molecular weight is 606 g/mol. The summed E-state index contributed by atoms with van der Waals surface area (Å²) < 4.78 is 127. The Kier molecular flexibility index (Phi) is 6.51. The molecule has 0 heterocycles. The van der Waals surface area contributed by atoms with Gasteiger partial charge in [-0.3, -0.25) is 0 Å². The minimum atomic E-state index is -6.20.